The summed E-state index contributed by atoms with van der Waals surface area (Å²) in [7, 11) is 1.64. The highest BCUT2D eigenvalue weighted by Crippen LogP contribution is 2.33. The number of hydrogen-bond acceptors (Lipinski definition) is 4. The number of anilines is 1. The van der Waals surface area contributed by atoms with Gasteiger partial charge >= 0.3 is 0 Å². The summed E-state index contributed by atoms with van der Waals surface area (Å²) >= 11 is 0. The molecule has 0 radical (unpaired) electrons. The lowest BCUT2D eigenvalue weighted by atomic mass is 9.88. The second kappa shape index (κ2) is 7.88. The molecule has 1 aliphatic carbocycles. The van der Waals surface area contributed by atoms with E-state index < -0.39 is 6.10 Å². The summed E-state index contributed by atoms with van der Waals surface area (Å²) in [6.07, 6.45) is 4.94. The van der Waals surface area contributed by atoms with Crippen LogP contribution in [0.25, 0.3) is 0 Å². The topological polar surface area (TPSA) is 50.8 Å². The van der Waals surface area contributed by atoms with E-state index in [1.165, 1.54) is 25.7 Å². The van der Waals surface area contributed by atoms with Crippen molar-refractivity contribution in [2.45, 2.75) is 44.8 Å². The van der Waals surface area contributed by atoms with Gasteiger partial charge in [-0.25, -0.2) is 0 Å². The molecule has 1 aliphatic heterocycles. The van der Waals surface area contributed by atoms with E-state index in [4.69, 9.17) is 9.47 Å². The Hall–Kier alpha value is -1.75. The molecule has 5 heteroatoms. The molecule has 1 aromatic rings. The molecule has 3 atom stereocenters. The Bertz CT molecular complexity index is 563. The molecule has 0 unspecified atom stereocenters. The van der Waals surface area contributed by atoms with Crippen LogP contribution in [-0.4, -0.2) is 44.9 Å². The van der Waals surface area contributed by atoms with Crippen LogP contribution in [0.2, 0.25) is 0 Å². The van der Waals surface area contributed by atoms with E-state index in [9.17, 15) is 4.79 Å². The summed E-state index contributed by atoms with van der Waals surface area (Å²) in [6, 6.07) is 7.89. The molecule has 1 heterocycles. The van der Waals surface area contributed by atoms with Gasteiger partial charge in [0.25, 0.3) is 5.91 Å². The lowest BCUT2D eigenvalue weighted by molar-refractivity contribution is -0.127. The summed E-state index contributed by atoms with van der Waals surface area (Å²) in [4.78, 5) is 14.2. The van der Waals surface area contributed by atoms with E-state index in [2.05, 4.69) is 17.1 Å². The number of likely N-dealkylation sites (N-methyl/N-ethyl adjacent to an activating group) is 1. The van der Waals surface area contributed by atoms with Crippen molar-refractivity contribution >= 4 is 11.6 Å². The number of hydrogen-bond donors (Lipinski definition) is 1. The Morgan fingerprint density at radius 1 is 1.33 bits per heavy atom. The van der Waals surface area contributed by atoms with E-state index in [0.29, 0.717) is 25.2 Å². The number of nitrogens with one attached hydrogen (secondary N) is 1. The van der Waals surface area contributed by atoms with Gasteiger partial charge in [0.05, 0.1) is 24.9 Å². The van der Waals surface area contributed by atoms with Gasteiger partial charge in [-0.3, -0.25) is 4.79 Å². The molecule has 0 spiro atoms. The largest absolute Gasteiger partial charge is 0.477 e. The van der Waals surface area contributed by atoms with Gasteiger partial charge in [0.1, 0.15) is 5.75 Å². The predicted octanol–water partition coefficient (Wildman–Crippen LogP) is 2.60. The smallest absolute Gasteiger partial charge is 0.262 e. The average molecular weight is 332 g/mol. The zero-order chi connectivity index (χ0) is 16.9. The zero-order valence-corrected chi connectivity index (χ0v) is 14.7. The molecule has 24 heavy (non-hydrogen) atoms. The van der Waals surface area contributed by atoms with E-state index in [-0.39, 0.29) is 5.91 Å². The highest BCUT2D eigenvalue weighted by molar-refractivity contribution is 5.83. The Balaban J connectivity index is 1.61. The quantitative estimate of drug-likeness (QED) is 0.900. The number of carbonyl (C=O) groups is 1. The number of benzene rings is 1. The third-order valence-corrected chi connectivity index (χ3v) is 5.13. The number of para-hydroxylation sites is 2. The van der Waals surface area contributed by atoms with Crippen LogP contribution in [0.15, 0.2) is 24.3 Å². The highest BCUT2D eigenvalue weighted by Gasteiger charge is 2.30. The van der Waals surface area contributed by atoms with Gasteiger partial charge in [-0.2, -0.15) is 0 Å². The van der Waals surface area contributed by atoms with Gasteiger partial charge in [-0.15, -0.1) is 0 Å². The molecule has 132 valence electrons. The Morgan fingerprint density at radius 2 is 2.12 bits per heavy atom. The van der Waals surface area contributed by atoms with E-state index in [1.807, 2.05) is 24.3 Å². The van der Waals surface area contributed by atoms with Gasteiger partial charge in [0, 0.05) is 13.6 Å². The van der Waals surface area contributed by atoms with Crippen molar-refractivity contribution < 1.29 is 14.3 Å². The first kappa shape index (κ1) is 17.1. The second-order valence-corrected chi connectivity index (χ2v) is 6.81. The van der Waals surface area contributed by atoms with Crippen molar-refractivity contribution in [2.75, 3.05) is 31.6 Å². The second-order valence-electron chi connectivity index (χ2n) is 6.81. The van der Waals surface area contributed by atoms with Crippen LogP contribution in [0.4, 0.5) is 5.69 Å². The first-order valence-electron chi connectivity index (χ1n) is 9.03. The number of nitrogens with zero attached hydrogens (tertiary/aromatic N) is 1. The van der Waals surface area contributed by atoms with Crippen LogP contribution in [0.5, 0.6) is 5.75 Å². The van der Waals surface area contributed by atoms with Crippen LogP contribution < -0.4 is 15.0 Å². The standard InChI is InChI=1S/C19H28N2O3/c1-14-7-3-5-9-16(14)23-12-11-21-13-18(19(22)20-2)24-17-10-6-4-8-15(17)21/h4,6,8,10,14,16,18H,3,5,7,9,11-13H2,1-2H3,(H,20,22)/t14-,16+,18-/m0/s1. The summed E-state index contributed by atoms with van der Waals surface area (Å²) in [5.41, 5.74) is 1.04. The Kier molecular flexibility index (Phi) is 5.61. The highest BCUT2D eigenvalue weighted by atomic mass is 16.5. The van der Waals surface area contributed by atoms with E-state index in [1.54, 1.807) is 7.05 Å². The fourth-order valence-electron chi connectivity index (χ4n) is 3.66. The number of rotatable bonds is 5. The molecule has 3 rings (SSSR count). The predicted molar refractivity (Wildman–Crippen MR) is 94.5 cm³/mol. The summed E-state index contributed by atoms with van der Waals surface area (Å²) in [5, 5.41) is 2.68. The van der Waals surface area contributed by atoms with E-state index >= 15 is 0 Å². The normalized spacial score (nSPS) is 26.4. The summed E-state index contributed by atoms with van der Waals surface area (Å²) < 4.78 is 12.0. The van der Waals surface area contributed by atoms with Crippen molar-refractivity contribution in [3.8, 4) is 5.75 Å². The van der Waals surface area contributed by atoms with Crippen molar-refractivity contribution in [3.63, 3.8) is 0 Å². The van der Waals surface area contributed by atoms with Crippen molar-refractivity contribution in [2.24, 2.45) is 5.92 Å². The van der Waals surface area contributed by atoms with Gasteiger partial charge < -0.3 is 19.7 Å². The number of ether oxygens (including phenoxy) is 2. The Labute approximate surface area is 144 Å². The maximum absolute atomic E-state index is 12.0. The molecular weight excluding hydrogens is 304 g/mol. The minimum Gasteiger partial charge on any atom is -0.477 e. The summed E-state index contributed by atoms with van der Waals surface area (Å²) in [6.45, 7) is 4.30. The number of amides is 1. The molecular formula is C19H28N2O3. The number of carbonyl (C=O) groups excluding carboxylic acids is 1. The minimum atomic E-state index is -0.474. The van der Waals surface area contributed by atoms with Gasteiger partial charge in [-0.1, -0.05) is 31.9 Å². The fourth-order valence-corrected chi connectivity index (χ4v) is 3.66. The maximum atomic E-state index is 12.0. The SMILES string of the molecule is CNC(=O)[C@@H]1CN(CCO[C@@H]2CCCC[C@@H]2C)c2ccccc2O1. The molecule has 0 bridgehead atoms. The van der Waals surface area contributed by atoms with Gasteiger partial charge in [-0.05, 0) is 30.9 Å². The molecule has 1 aromatic carbocycles. The van der Waals surface area contributed by atoms with Crippen LogP contribution in [0.3, 0.4) is 0 Å². The first-order chi connectivity index (χ1) is 11.7. The van der Waals surface area contributed by atoms with Gasteiger partial charge in [0.15, 0.2) is 6.10 Å². The molecule has 1 N–H and O–H groups in total. The molecule has 1 amide bonds. The fraction of sp³-hybridized carbons (Fsp3) is 0.632. The van der Waals surface area contributed by atoms with Crippen LogP contribution >= 0.6 is 0 Å². The lowest BCUT2D eigenvalue weighted by Gasteiger charge is -2.36. The van der Waals surface area contributed by atoms with Crippen molar-refractivity contribution in [1.82, 2.24) is 5.32 Å². The Morgan fingerprint density at radius 3 is 2.92 bits per heavy atom. The van der Waals surface area contributed by atoms with E-state index in [0.717, 1.165) is 18.0 Å². The minimum absolute atomic E-state index is 0.0867. The molecule has 0 saturated heterocycles. The van der Waals surface area contributed by atoms with Crippen LogP contribution in [0, 0.1) is 5.92 Å². The van der Waals surface area contributed by atoms with Gasteiger partial charge in [0.2, 0.25) is 0 Å². The van der Waals surface area contributed by atoms with Crippen molar-refractivity contribution in [1.29, 1.82) is 0 Å². The molecule has 5 nitrogen and oxygen atoms in total. The average Bonchev–Trinajstić information content (AvgIpc) is 2.62. The maximum Gasteiger partial charge on any atom is 0.262 e. The monoisotopic (exact) mass is 332 g/mol. The lowest BCUT2D eigenvalue weighted by Crippen LogP contribution is -2.49. The molecule has 0 aromatic heterocycles. The first-order valence-corrected chi connectivity index (χ1v) is 9.03. The molecule has 1 saturated carbocycles. The van der Waals surface area contributed by atoms with Crippen LogP contribution in [0.1, 0.15) is 32.6 Å². The third-order valence-electron chi connectivity index (χ3n) is 5.13. The summed E-state index contributed by atoms with van der Waals surface area (Å²) in [5.74, 6) is 1.33. The third kappa shape index (κ3) is 3.83. The number of fused-ring (bicyclic) bond motifs is 1. The van der Waals surface area contributed by atoms with Crippen molar-refractivity contribution in [3.05, 3.63) is 24.3 Å². The molecule has 1 fully saturated rings. The zero-order valence-electron chi connectivity index (χ0n) is 14.7. The molecule has 2 aliphatic rings. The van der Waals surface area contributed by atoms with Crippen LogP contribution in [-0.2, 0) is 9.53 Å².